The van der Waals surface area contributed by atoms with Gasteiger partial charge < -0.3 is 10.4 Å². The maximum atomic E-state index is 9.18. The van der Waals surface area contributed by atoms with Gasteiger partial charge in [0.1, 0.15) is 5.75 Å². The summed E-state index contributed by atoms with van der Waals surface area (Å²) in [5, 5.41) is 12.3. The zero-order chi connectivity index (χ0) is 11.4. The molecule has 16 heavy (non-hydrogen) atoms. The average molecular weight is 213 g/mol. The highest BCUT2D eigenvalue weighted by molar-refractivity contribution is 5.44. The summed E-state index contributed by atoms with van der Waals surface area (Å²) in [6.07, 6.45) is 0.893. The van der Waals surface area contributed by atoms with Crippen molar-refractivity contribution in [3.8, 4) is 5.75 Å². The Hall–Kier alpha value is -1.96. The third kappa shape index (κ3) is 2.54. The van der Waals surface area contributed by atoms with E-state index in [0.29, 0.717) is 5.75 Å². The third-order valence-corrected chi connectivity index (χ3v) is 2.59. The normalized spacial score (nSPS) is 10.1. The first-order chi connectivity index (χ1) is 7.78. The number of hydrogen-bond acceptors (Lipinski definition) is 2. The minimum Gasteiger partial charge on any atom is -0.508 e. The predicted octanol–water partition coefficient (Wildman–Crippen LogP) is 3.02. The SMILES string of the molecule is CNc1ccc(Cc2ccc(O)cc2)cc1. The minimum atomic E-state index is 0.314. The molecule has 0 saturated carbocycles. The van der Waals surface area contributed by atoms with Crippen LogP contribution in [0.2, 0.25) is 0 Å². The number of hydrogen-bond donors (Lipinski definition) is 2. The molecule has 0 fully saturated rings. The Bertz CT molecular complexity index is 445. The summed E-state index contributed by atoms with van der Waals surface area (Å²) in [5.74, 6) is 0.314. The molecule has 0 atom stereocenters. The highest BCUT2D eigenvalue weighted by Gasteiger charge is 1.96. The van der Waals surface area contributed by atoms with Gasteiger partial charge in [0.25, 0.3) is 0 Å². The number of anilines is 1. The predicted molar refractivity (Wildman–Crippen MR) is 66.9 cm³/mol. The summed E-state index contributed by atoms with van der Waals surface area (Å²) in [4.78, 5) is 0. The van der Waals surface area contributed by atoms with E-state index in [-0.39, 0.29) is 0 Å². The Balaban J connectivity index is 2.11. The number of nitrogens with one attached hydrogen (secondary N) is 1. The molecule has 0 saturated heterocycles. The molecule has 2 aromatic rings. The van der Waals surface area contributed by atoms with E-state index < -0.39 is 0 Å². The van der Waals surface area contributed by atoms with Crippen LogP contribution in [0.4, 0.5) is 5.69 Å². The van der Waals surface area contributed by atoms with E-state index in [1.165, 1.54) is 11.1 Å². The monoisotopic (exact) mass is 213 g/mol. The summed E-state index contributed by atoms with van der Waals surface area (Å²) in [6, 6.07) is 15.7. The maximum absolute atomic E-state index is 9.18. The molecule has 0 aliphatic carbocycles. The van der Waals surface area contributed by atoms with Crippen LogP contribution in [-0.4, -0.2) is 12.2 Å². The third-order valence-electron chi connectivity index (χ3n) is 2.59. The molecule has 0 radical (unpaired) electrons. The molecule has 0 aromatic heterocycles. The molecule has 2 heteroatoms. The number of benzene rings is 2. The van der Waals surface area contributed by atoms with Crippen molar-refractivity contribution in [1.82, 2.24) is 0 Å². The van der Waals surface area contributed by atoms with Gasteiger partial charge in [0, 0.05) is 12.7 Å². The first kappa shape index (κ1) is 10.6. The number of rotatable bonds is 3. The lowest BCUT2D eigenvalue weighted by Crippen LogP contribution is -1.90. The summed E-state index contributed by atoms with van der Waals surface area (Å²) < 4.78 is 0. The van der Waals surface area contributed by atoms with Gasteiger partial charge in [-0.3, -0.25) is 0 Å². The fourth-order valence-electron chi connectivity index (χ4n) is 1.64. The van der Waals surface area contributed by atoms with Gasteiger partial charge in [0.2, 0.25) is 0 Å². The molecule has 0 bridgehead atoms. The van der Waals surface area contributed by atoms with Crippen molar-refractivity contribution in [2.75, 3.05) is 12.4 Å². The minimum absolute atomic E-state index is 0.314. The average Bonchev–Trinajstić information content (AvgIpc) is 2.33. The number of phenolic OH excluding ortho intramolecular Hbond substituents is 1. The standard InChI is InChI=1S/C14H15NO/c1-15-13-6-2-11(3-7-13)10-12-4-8-14(16)9-5-12/h2-9,15-16H,10H2,1H3. The largest absolute Gasteiger partial charge is 0.508 e. The Morgan fingerprint density at radius 3 is 1.88 bits per heavy atom. The number of phenols is 1. The molecule has 0 amide bonds. The molecule has 0 aliphatic heterocycles. The van der Waals surface area contributed by atoms with Crippen LogP contribution in [0.3, 0.4) is 0 Å². The molecule has 0 unspecified atom stereocenters. The molecule has 82 valence electrons. The van der Waals surface area contributed by atoms with Crippen LogP contribution < -0.4 is 5.32 Å². The van der Waals surface area contributed by atoms with E-state index in [4.69, 9.17) is 0 Å². The molecule has 0 aliphatic rings. The lowest BCUT2D eigenvalue weighted by molar-refractivity contribution is 0.475. The van der Waals surface area contributed by atoms with Crippen LogP contribution in [-0.2, 0) is 6.42 Å². The van der Waals surface area contributed by atoms with Crippen molar-refractivity contribution in [2.24, 2.45) is 0 Å². The van der Waals surface area contributed by atoms with Gasteiger partial charge in [0.15, 0.2) is 0 Å². The van der Waals surface area contributed by atoms with E-state index in [1.807, 2.05) is 19.2 Å². The summed E-state index contributed by atoms with van der Waals surface area (Å²) in [6.45, 7) is 0. The van der Waals surface area contributed by atoms with Gasteiger partial charge in [-0.05, 0) is 41.8 Å². The van der Waals surface area contributed by atoms with Crippen LogP contribution >= 0.6 is 0 Å². The zero-order valence-corrected chi connectivity index (χ0v) is 9.27. The van der Waals surface area contributed by atoms with E-state index >= 15 is 0 Å². The van der Waals surface area contributed by atoms with E-state index in [0.717, 1.165) is 12.1 Å². The molecule has 0 spiro atoms. The van der Waals surface area contributed by atoms with Gasteiger partial charge >= 0.3 is 0 Å². The van der Waals surface area contributed by atoms with Gasteiger partial charge in [-0.2, -0.15) is 0 Å². The van der Waals surface area contributed by atoms with Crippen molar-refractivity contribution in [2.45, 2.75) is 6.42 Å². The maximum Gasteiger partial charge on any atom is 0.115 e. The molecule has 2 rings (SSSR count). The van der Waals surface area contributed by atoms with Gasteiger partial charge in [-0.1, -0.05) is 24.3 Å². The molecule has 2 N–H and O–H groups in total. The van der Waals surface area contributed by atoms with Crippen molar-refractivity contribution in [3.05, 3.63) is 59.7 Å². The lowest BCUT2D eigenvalue weighted by atomic mass is 10.0. The second-order valence-corrected chi connectivity index (χ2v) is 3.79. The summed E-state index contributed by atoms with van der Waals surface area (Å²) in [5.41, 5.74) is 3.59. The Morgan fingerprint density at radius 1 is 0.875 bits per heavy atom. The summed E-state index contributed by atoms with van der Waals surface area (Å²) >= 11 is 0. The zero-order valence-electron chi connectivity index (χ0n) is 9.27. The molecule has 2 nitrogen and oxygen atoms in total. The Kier molecular flexibility index (Phi) is 3.10. The lowest BCUT2D eigenvalue weighted by Gasteiger charge is -2.04. The number of aromatic hydroxyl groups is 1. The molecular formula is C14H15NO. The van der Waals surface area contributed by atoms with Crippen LogP contribution in [0, 0.1) is 0 Å². The smallest absolute Gasteiger partial charge is 0.115 e. The molecule has 2 aromatic carbocycles. The van der Waals surface area contributed by atoms with E-state index in [9.17, 15) is 5.11 Å². The topological polar surface area (TPSA) is 32.3 Å². The fraction of sp³-hybridized carbons (Fsp3) is 0.143. The van der Waals surface area contributed by atoms with Crippen molar-refractivity contribution >= 4 is 5.69 Å². The van der Waals surface area contributed by atoms with Gasteiger partial charge in [0.05, 0.1) is 0 Å². The quantitative estimate of drug-likeness (QED) is 0.821. The van der Waals surface area contributed by atoms with Gasteiger partial charge in [-0.15, -0.1) is 0 Å². The van der Waals surface area contributed by atoms with Crippen LogP contribution in [0.5, 0.6) is 5.75 Å². The Labute approximate surface area is 95.6 Å². The first-order valence-corrected chi connectivity index (χ1v) is 5.32. The van der Waals surface area contributed by atoms with E-state index in [1.54, 1.807) is 12.1 Å². The Morgan fingerprint density at radius 2 is 1.38 bits per heavy atom. The van der Waals surface area contributed by atoms with Crippen LogP contribution in [0.1, 0.15) is 11.1 Å². The fourth-order valence-corrected chi connectivity index (χ4v) is 1.64. The second kappa shape index (κ2) is 4.71. The summed E-state index contributed by atoms with van der Waals surface area (Å²) in [7, 11) is 1.91. The van der Waals surface area contributed by atoms with Gasteiger partial charge in [-0.25, -0.2) is 0 Å². The van der Waals surface area contributed by atoms with Crippen molar-refractivity contribution in [3.63, 3.8) is 0 Å². The van der Waals surface area contributed by atoms with E-state index in [2.05, 4.69) is 29.6 Å². The molecule has 0 heterocycles. The molecular weight excluding hydrogens is 198 g/mol. The highest BCUT2D eigenvalue weighted by Crippen LogP contribution is 2.15. The first-order valence-electron chi connectivity index (χ1n) is 5.32. The van der Waals surface area contributed by atoms with Crippen molar-refractivity contribution < 1.29 is 5.11 Å². The second-order valence-electron chi connectivity index (χ2n) is 3.79. The highest BCUT2D eigenvalue weighted by atomic mass is 16.3. The van der Waals surface area contributed by atoms with Crippen molar-refractivity contribution in [1.29, 1.82) is 0 Å². The van der Waals surface area contributed by atoms with Crippen LogP contribution in [0.25, 0.3) is 0 Å². The van der Waals surface area contributed by atoms with Crippen LogP contribution in [0.15, 0.2) is 48.5 Å².